The minimum absolute atomic E-state index is 0.0166. The molecule has 7 aliphatic rings. The molecule has 8 unspecified atom stereocenters. The van der Waals surface area contributed by atoms with E-state index >= 15 is 0 Å². The average molecular weight is 516 g/mol. The van der Waals surface area contributed by atoms with Gasteiger partial charge in [-0.15, -0.1) is 0 Å². The molecule has 1 fully saturated rings. The zero-order valence-corrected chi connectivity index (χ0v) is 23.0. The lowest BCUT2D eigenvalue weighted by atomic mass is 9.58. The molecule has 8 rings (SSSR count). The second-order valence-corrected chi connectivity index (χ2v) is 12.8. The molecule has 1 saturated heterocycles. The molecular formula is C37H41NO. The Kier molecular flexibility index (Phi) is 5.95. The van der Waals surface area contributed by atoms with Gasteiger partial charge < -0.3 is 10.1 Å². The van der Waals surface area contributed by atoms with Gasteiger partial charge in [0.25, 0.3) is 0 Å². The molecule has 0 bridgehead atoms. The van der Waals surface area contributed by atoms with E-state index in [9.17, 15) is 0 Å². The molecule has 1 aromatic carbocycles. The molecule has 1 aliphatic heterocycles. The Morgan fingerprint density at radius 3 is 2.67 bits per heavy atom. The van der Waals surface area contributed by atoms with Crippen LogP contribution in [0.1, 0.15) is 74.8 Å². The largest absolute Gasteiger partial charge is 0.382 e. The summed E-state index contributed by atoms with van der Waals surface area (Å²) in [6.45, 7) is 0. The first-order chi connectivity index (χ1) is 19.3. The first-order valence-electron chi connectivity index (χ1n) is 15.6. The first kappa shape index (κ1) is 24.0. The predicted octanol–water partition coefficient (Wildman–Crippen LogP) is 8.14. The highest BCUT2D eigenvalue weighted by atomic mass is 16.5. The Hall–Kier alpha value is -2.84. The smallest absolute Gasteiger partial charge is 0.0815 e. The zero-order chi connectivity index (χ0) is 25.8. The summed E-state index contributed by atoms with van der Waals surface area (Å²) >= 11 is 0. The Bertz CT molecular complexity index is 1350. The molecule has 200 valence electrons. The third-order valence-corrected chi connectivity index (χ3v) is 11.0. The monoisotopic (exact) mass is 515 g/mol. The number of hydrogen-bond acceptors (Lipinski definition) is 2. The fourth-order valence-corrected chi connectivity index (χ4v) is 9.48. The third kappa shape index (κ3) is 3.70. The Balaban J connectivity index is 1.20. The summed E-state index contributed by atoms with van der Waals surface area (Å²) in [5.41, 5.74) is 7.85. The molecule has 6 aliphatic carbocycles. The number of fused-ring (bicyclic) bond motifs is 6. The minimum atomic E-state index is 0.0166. The van der Waals surface area contributed by atoms with Crippen molar-refractivity contribution >= 4 is 0 Å². The predicted molar refractivity (Wildman–Crippen MR) is 159 cm³/mol. The summed E-state index contributed by atoms with van der Waals surface area (Å²) < 4.78 is 6.52. The number of nitrogens with one attached hydrogen (secondary N) is 1. The van der Waals surface area contributed by atoms with Gasteiger partial charge in [0, 0.05) is 29.0 Å². The molecule has 0 radical (unpaired) electrons. The van der Waals surface area contributed by atoms with Gasteiger partial charge in [-0.1, -0.05) is 90.6 Å². The second-order valence-electron chi connectivity index (χ2n) is 12.8. The van der Waals surface area contributed by atoms with Gasteiger partial charge in [-0.3, -0.25) is 0 Å². The highest BCUT2D eigenvalue weighted by Gasteiger charge is 2.54. The summed E-state index contributed by atoms with van der Waals surface area (Å²) in [5, 5.41) is 4.13. The standard InChI is InChI=1S/C37H41NO/c1-3-12-25(13-4-1)37(26-14-5-2-6-15-26)31-18-9-7-16-28(31)29-23-22-27(24-32(29)37)38-33-19-11-21-35-36(33)30-17-8-10-20-34(30)39-35/h1-3,5,7,9-12,16,18,20-22,24,26,29-30,33-36,38H,4,6,8,13-15,17,19,23H2. The summed E-state index contributed by atoms with van der Waals surface area (Å²) in [5.74, 6) is 2.31. The van der Waals surface area contributed by atoms with Crippen LogP contribution in [0.3, 0.4) is 0 Å². The van der Waals surface area contributed by atoms with E-state index < -0.39 is 0 Å². The van der Waals surface area contributed by atoms with Crippen LogP contribution in [-0.2, 0) is 10.2 Å². The van der Waals surface area contributed by atoms with E-state index in [0.29, 0.717) is 35.8 Å². The van der Waals surface area contributed by atoms with Gasteiger partial charge in [0.1, 0.15) is 0 Å². The summed E-state index contributed by atoms with van der Waals surface area (Å²) in [6, 6.07) is 9.91. The molecule has 1 heterocycles. The lowest BCUT2D eigenvalue weighted by Crippen LogP contribution is -2.44. The van der Waals surface area contributed by atoms with Gasteiger partial charge in [-0.2, -0.15) is 0 Å². The molecule has 2 heteroatoms. The van der Waals surface area contributed by atoms with Crippen LogP contribution in [0.4, 0.5) is 0 Å². The van der Waals surface area contributed by atoms with Crippen molar-refractivity contribution in [3.8, 4) is 0 Å². The minimum Gasteiger partial charge on any atom is -0.382 e. The third-order valence-electron chi connectivity index (χ3n) is 11.0. The van der Waals surface area contributed by atoms with E-state index in [-0.39, 0.29) is 11.5 Å². The van der Waals surface area contributed by atoms with Crippen LogP contribution >= 0.6 is 0 Å². The van der Waals surface area contributed by atoms with Crippen molar-refractivity contribution < 1.29 is 4.74 Å². The van der Waals surface area contributed by atoms with Crippen molar-refractivity contribution in [2.24, 2.45) is 17.8 Å². The van der Waals surface area contributed by atoms with E-state index in [0.717, 1.165) is 19.3 Å². The van der Waals surface area contributed by atoms with Crippen molar-refractivity contribution in [1.82, 2.24) is 5.32 Å². The summed E-state index contributed by atoms with van der Waals surface area (Å²) in [6.07, 6.45) is 37.7. The second kappa shape index (κ2) is 9.66. The van der Waals surface area contributed by atoms with Crippen LogP contribution in [0.5, 0.6) is 0 Å². The van der Waals surface area contributed by atoms with Crippen LogP contribution in [0.2, 0.25) is 0 Å². The molecule has 0 spiro atoms. The average Bonchev–Trinajstić information content (AvgIpc) is 3.52. The van der Waals surface area contributed by atoms with Crippen LogP contribution in [0.25, 0.3) is 0 Å². The summed E-state index contributed by atoms with van der Waals surface area (Å²) in [4.78, 5) is 0. The van der Waals surface area contributed by atoms with Gasteiger partial charge in [-0.25, -0.2) is 0 Å². The first-order valence-corrected chi connectivity index (χ1v) is 15.6. The molecule has 1 aromatic rings. The quantitative estimate of drug-likeness (QED) is 0.409. The molecular weight excluding hydrogens is 474 g/mol. The maximum absolute atomic E-state index is 6.52. The SMILES string of the molecule is C1=CCCC(C2(C3CC=CCC3)C3=CC(NC4CC=CC5OC6C=CCCC6C45)=CCC3c3ccccc32)=C1. The van der Waals surface area contributed by atoms with Gasteiger partial charge in [-0.05, 0) is 92.4 Å². The van der Waals surface area contributed by atoms with E-state index in [1.807, 2.05) is 0 Å². The Morgan fingerprint density at radius 2 is 1.77 bits per heavy atom. The van der Waals surface area contributed by atoms with Gasteiger partial charge in [0.2, 0.25) is 0 Å². The van der Waals surface area contributed by atoms with Gasteiger partial charge in [0.15, 0.2) is 0 Å². The molecule has 2 nitrogen and oxygen atoms in total. The van der Waals surface area contributed by atoms with Gasteiger partial charge in [0.05, 0.1) is 12.2 Å². The van der Waals surface area contributed by atoms with Crippen LogP contribution in [-0.4, -0.2) is 18.2 Å². The van der Waals surface area contributed by atoms with Gasteiger partial charge >= 0.3 is 0 Å². The number of hydrogen-bond donors (Lipinski definition) is 1. The number of ether oxygens (including phenoxy) is 1. The topological polar surface area (TPSA) is 21.3 Å². The Labute approximate surface area is 234 Å². The molecule has 8 atom stereocenters. The molecule has 1 N–H and O–H groups in total. The van der Waals surface area contributed by atoms with E-state index in [1.165, 1.54) is 44.2 Å². The van der Waals surface area contributed by atoms with E-state index in [4.69, 9.17) is 4.74 Å². The maximum Gasteiger partial charge on any atom is 0.0815 e. The molecule has 0 saturated carbocycles. The maximum atomic E-state index is 6.52. The van der Waals surface area contributed by atoms with Crippen LogP contribution in [0.15, 0.2) is 108 Å². The number of rotatable bonds is 4. The lowest BCUT2D eigenvalue weighted by molar-refractivity contribution is 0.0754. The number of benzene rings is 1. The van der Waals surface area contributed by atoms with Crippen molar-refractivity contribution in [3.63, 3.8) is 0 Å². The van der Waals surface area contributed by atoms with Crippen molar-refractivity contribution in [3.05, 3.63) is 119 Å². The zero-order valence-electron chi connectivity index (χ0n) is 23.0. The molecule has 39 heavy (non-hydrogen) atoms. The lowest BCUT2D eigenvalue weighted by Gasteiger charge is -2.45. The number of allylic oxidation sites excluding steroid dienone is 10. The fourth-order valence-electron chi connectivity index (χ4n) is 9.48. The van der Waals surface area contributed by atoms with Crippen LogP contribution in [0, 0.1) is 17.8 Å². The van der Waals surface area contributed by atoms with E-state index in [1.54, 1.807) is 22.3 Å². The van der Waals surface area contributed by atoms with E-state index in [2.05, 4.69) is 96.4 Å². The van der Waals surface area contributed by atoms with Crippen molar-refractivity contribution in [2.75, 3.05) is 0 Å². The summed E-state index contributed by atoms with van der Waals surface area (Å²) in [7, 11) is 0. The highest BCUT2D eigenvalue weighted by molar-refractivity contribution is 5.65. The molecule has 0 aromatic heterocycles. The molecule has 0 amide bonds. The van der Waals surface area contributed by atoms with Crippen LogP contribution < -0.4 is 5.32 Å². The fraction of sp³-hybridized carbons (Fsp3) is 0.459. The highest BCUT2D eigenvalue weighted by Crippen LogP contribution is 2.63. The van der Waals surface area contributed by atoms with Crippen molar-refractivity contribution in [1.29, 1.82) is 0 Å². The Morgan fingerprint density at radius 1 is 0.846 bits per heavy atom. The van der Waals surface area contributed by atoms with Crippen molar-refractivity contribution in [2.45, 2.75) is 87.4 Å². The normalized spacial score (nSPS) is 39.7.